The number of thioether (sulfide) groups is 1. The molecule has 24 heavy (non-hydrogen) atoms. The van der Waals surface area contributed by atoms with E-state index < -0.39 is 0 Å². The minimum atomic E-state index is -0.351. The number of nitrogens with zero attached hydrogens (tertiary/aromatic N) is 2. The molecule has 7 heteroatoms. The van der Waals surface area contributed by atoms with Crippen molar-refractivity contribution in [2.75, 3.05) is 45.4 Å². The zero-order chi connectivity index (χ0) is 17.2. The summed E-state index contributed by atoms with van der Waals surface area (Å²) in [5.74, 6) is 4.04. The van der Waals surface area contributed by atoms with Crippen molar-refractivity contribution in [3.63, 3.8) is 0 Å². The van der Waals surface area contributed by atoms with Gasteiger partial charge < -0.3 is 0 Å². The average molecular weight is 463 g/mol. The molecule has 0 radical (unpaired) electrons. The van der Waals surface area contributed by atoms with Crippen LogP contribution in [0, 0.1) is 0 Å². The summed E-state index contributed by atoms with van der Waals surface area (Å²) in [5.41, 5.74) is 0.980. The first-order valence-corrected chi connectivity index (χ1v) is 11.2. The van der Waals surface area contributed by atoms with Gasteiger partial charge in [-0.2, -0.15) is 0 Å². The van der Waals surface area contributed by atoms with E-state index in [0.717, 1.165) is 48.2 Å². The Hall–Kier alpha value is -0.770. The molecular formula is C17H24IN2O3S-. The number of aliphatic hydroxyl groups is 1. The summed E-state index contributed by atoms with van der Waals surface area (Å²) in [6.45, 7) is 1.94. The molecule has 5 nitrogen and oxygen atoms in total. The van der Waals surface area contributed by atoms with Crippen molar-refractivity contribution in [2.45, 2.75) is 6.42 Å². The third-order valence-electron chi connectivity index (χ3n) is 3.12. The van der Waals surface area contributed by atoms with Crippen LogP contribution in [0.4, 0.5) is 0 Å². The fourth-order valence-corrected chi connectivity index (χ4v) is 4.30. The normalized spacial score (nSPS) is 14.5. The fourth-order valence-electron chi connectivity index (χ4n) is 1.96. The van der Waals surface area contributed by atoms with Gasteiger partial charge in [0.25, 0.3) is 0 Å². The van der Waals surface area contributed by atoms with Crippen LogP contribution in [0.15, 0.2) is 37.3 Å². The Balaban J connectivity index is 1.81. The summed E-state index contributed by atoms with van der Waals surface area (Å²) in [5, 5.41) is 8.84. The fraction of sp³-hybridized carbons (Fsp3) is 0.471. The number of rotatable bonds is 10. The van der Waals surface area contributed by atoms with Crippen LogP contribution in [0.1, 0.15) is 12.0 Å². The van der Waals surface area contributed by atoms with E-state index >= 15 is 0 Å². The van der Waals surface area contributed by atoms with Crippen molar-refractivity contribution >= 4 is 17.7 Å². The number of aliphatic hydroxyl groups excluding tert-OH is 1. The number of hydrogen-bond donors (Lipinski definition) is 1. The Labute approximate surface area is 158 Å². The van der Waals surface area contributed by atoms with Gasteiger partial charge >= 0.3 is 159 Å². The number of halogens is 1. The first-order chi connectivity index (χ1) is 11.7. The minimum absolute atomic E-state index is 0.198. The third-order valence-corrected chi connectivity index (χ3v) is 5.77. The summed E-state index contributed by atoms with van der Waals surface area (Å²) in [4.78, 5) is 2.15. The molecule has 1 N–H and O–H groups in total. The summed E-state index contributed by atoms with van der Waals surface area (Å²) >= 11 is 1.32. The Morgan fingerprint density at radius 3 is 2.79 bits per heavy atom. The van der Waals surface area contributed by atoms with Gasteiger partial charge in [-0.1, -0.05) is 0 Å². The average Bonchev–Trinajstić information content (AvgIpc) is 2.60. The molecule has 1 aliphatic heterocycles. The molecule has 0 atom stereocenters. The van der Waals surface area contributed by atoms with E-state index in [9.17, 15) is 0 Å². The van der Waals surface area contributed by atoms with Crippen LogP contribution in [0.3, 0.4) is 0 Å². The number of ether oxygens (including phenoxy) is 2. The van der Waals surface area contributed by atoms with E-state index in [1.165, 1.54) is 0 Å². The predicted octanol–water partition coefficient (Wildman–Crippen LogP) is -0.635. The zero-order valence-electron chi connectivity index (χ0n) is 14.1. The summed E-state index contributed by atoms with van der Waals surface area (Å²) < 4.78 is 18.2. The molecule has 1 aromatic rings. The molecule has 1 aromatic carbocycles. The SMILES string of the molecule is CN(C)CCCOc1ccc(C2=N[I-]C=C(CSCCO)O2)cc1. The van der Waals surface area contributed by atoms with Gasteiger partial charge in [-0.3, -0.25) is 0 Å². The molecule has 0 fully saturated rings. The van der Waals surface area contributed by atoms with Crippen molar-refractivity contribution in [3.8, 4) is 5.75 Å². The molecule has 1 heterocycles. The molecule has 0 spiro atoms. The maximum absolute atomic E-state index is 8.84. The van der Waals surface area contributed by atoms with Gasteiger partial charge in [0.2, 0.25) is 0 Å². The van der Waals surface area contributed by atoms with Crippen LogP contribution in [0.5, 0.6) is 5.75 Å². The summed E-state index contributed by atoms with van der Waals surface area (Å²) in [6.07, 6.45) is 1.01. The number of benzene rings is 1. The maximum atomic E-state index is 8.84. The van der Waals surface area contributed by atoms with Gasteiger partial charge in [-0.25, -0.2) is 0 Å². The van der Waals surface area contributed by atoms with Crippen molar-refractivity contribution in [1.29, 1.82) is 0 Å². The summed E-state index contributed by atoms with van der Waals surface area (Å²) in [7, 11) is 4.13. The Bertz CT molecular complexity index is 561. The Kier molecular flexibility index (Phi) is 8.93. The predicted molar refractivity (Wildman–Crippen MR) is 95.2 cm³/mol. The van der Waals surface area contributed by atoms with Gasteiger partial charge in [-0.05, 0) is 0 Å². The van der Waals surface area contributed by atoms with Crippen LogP contribution in [-0.2, 0) is 4.74 Å². The van der Waals surface area contributed by atoms with E-state index in [0.29, 0.717) is 5.90 Å². The van der Waals surface area contributed by atoms with E-state index in [1.54, 1.807) is 11.8 Å². The van der Waals surface area contributed by atoms with Crippen LogP contribution in [-0.4, -0.2) is 61.3 Å². The summed E-state index contributed by atoms with van der Waals surface area (Å²) in [6, 6.07) is 7.92. The molecule has 0 saturated carbocycles. The van der Waals surface area contributed by atoms with Gasteiger partial charge in [-0.15, -0.1) is 0 Å². The first kappa shape index (κ1) is 19.6. The quantitative estimate of drug-likeness (QED) is 0.370. The molecule has 0 aliphatic carbocycles. The molecule has 2 rings (SSSR count). The van der Waals surface area contributed by atoms with Crippen molar-refractivity contribution in [3.05, 3.63) is 39.7 Å². The molecule has 134 valence electrons. The molecule has 0 amide bonds. The van der Waals surface area contributed by atoms with Gasteiger partial charge in [0.15, 0.2) is 0 Å². The van der Waals surface area contributed by atoms with Gasteiger partial charge in [0, 0.05) is 0 Å². The second-order valence-electron chi connectivity index (χ2n) is 5.47. The topological polar surface area (TPSA) is 54.3 Å². The van der Waals surface area contributed by atoms with Gasteiger partial charge in [0.1, 0.15) is 0 Å². The molecule has 1 aliphatic rings. The van der Waals surface area contributed by atoms with Crippen LogP contribution in [0.25, 0.3) is 0 Å². The Morgan fingerprint density at radius 2 is 2.08 bits per heavy atom. The van der Waals surface area contributed by atoms with Gasteiger partial charge in [0.05, 0.1) is 0 Å². The van der Waals surface area contributed by atoms with Crippen LogP contribution in [0.2, 0.25) is 0 Å². The van der Waals surface area contributed by atoms with Crippen LogP contribution >= 0.6 is 11.8 Å². The molecule has 0 saturated heterocycles. The van der Waals surface area contributed by atoms with E-state index in [2.05, 4.69) is 26.3 Å². The first-order valence-electron chi connectivity index (χ1n) is 7.83. The van der Waals surface area contributed by atoms with E-state index in [1.807, 2.05) is 24.3 Å². The molecule has 0 bridgehead atoms. The standard InChI is InChI=1S/C17H24IN2O3S/c1-20(2)8-3-10-22-15-6-4-14(5-7-15)17-19-18-12-16(23-17)13-24-11-9-21/h4-7,12,21H,3,8-11,13H2,1-2H3/q-1. The monoisotopic (exact) mass is 463 g/mol. The second-order valence-corrected chi connectivity index (χ2v) is 8.24. The van der Waals surface area contributed by atoms with Crippen molar-refractivity contribution < 1.29 is 36.1 Å². The number of hydrogen-bond acceptors (Lipinski definition) is 6. The molecule has 0 aromatic heterocycles. The third kappa shape index (κ3) is 7.00. The van der Waals surface area contributed by atoms with E-state index in [4.69, 9.17) is 14.6 Å². The van der Waals surface area contributed by atoms with Crippen molar-refractivity contribution in [2.24, 2.45) is 3.21 Å². The Morgan fingerprint density at radius 1 is 1.29 bits per heavy atom. The molecular weight excluding hydrogens is 439 g/mol. The van der Waals surface area contributed by atoms with E-state index in [-0.39, 0.29) is 28.1 Å². The second kappa shape index (κ2) is 11.0. The zero-order valence-corrected chi connectivity index (χ0v) is 17.0. The van der Waals surface area contributed by atoms with Crippen LogP contribution < -0.4 is 26.2 Å². The molecule has 0 unspecified atom stereocenters. The van der Waals surface area contributed by atoms with Crippen molar-refractivity contribution in [1.82, 2.24) is 4.90 Å².